The highest BCUT2D eigenvalue weighted by molar-refractivity contribution is 6.02. The Labute approximate surface area is 147 Å². The van der Waals surface area contributed by atoms with E-state index >= 15 is 0 Å². The predicted molar refractivity (Wildman–Crippen MR) is 101 cm³/mol. The van der Waals surface area contributed by atoms with E-state index in [0.717, 1.165) is 5.56 Å². The maximum absolute atomic E-state index is 12.1. The predicted octanol–water partition coefficient (Wildman–Crippen LogP) is 4.85. The largest absolute Gasteiger partial charge is 0.322 e. The normalized spacial score (nSPS) is 11.5. The fraction of sp³-hybridized carbons (Fsp3) is 0.250. The molecule has 0 bridgehead atoms. The molecule has 0 spiro atoms. The topological polar surface area (TPSA) is 72.2 Å². The minimum absolute atomic E-state index is 0.0143. The zero-order chi connectivity index (χ0) is 18.6. The molecule has 25 heavy (non-hydrogen) atoms. The summed E-state index contributed by atoms with van der Waals surface area (Å²) in [6.07, 6.45) is 3.14. The second-order valence-electron chi connectivity index (χ2n) is 6.90. The molecular formula is C20H22N2O3. The van der Waals surface area contributed by atoms with Crippen molar-refractivity contribution in [1.29, 1.82) is 0 Å². The molecule has 0 saturated carbocycles. The van der Waals surface area contributed by atoms with Gasteiger partial charge in [0.25, 0.3) is 5.69 Å². The third-order valence-corrected chi connectivity index (χ3v) is 3.96. The van der Waals surface area contributed by atoms with Crippen LogP contribution in [0.1, 0.15) is 37.5 Å². The van der Waals surface area contributed by atoms with Crippen LogP contribution in [0.3, 0.4) is 0 Å². The van der Waals surface area contributed by atoms with E-state index in [4.69, 9.17) is 0 Å². The molecule has 2 aromatic carbocycles. The number of hydrogen-bond donors (Lipinski definition) is 1. The number of anilines is 1. The number of nitro groups is 1. The van der Waals surface area contributed by atoms with Gasteiger partial charge in [0.05, 0.1) is 16.2 Å². The lowest BCUT2D eigenvalue weighted by molar-refractivity contribution is -0.385. The number of amides is 1. The molecule has 0 heterocycles. The zero-order valence-corrected chi connectivity index (χ0v) is 14.9. The molecule has 130 valence electrons. The van der Waals surface area contributed by atoms with E-state index in [1.807, 2.05) is 24.3 Å². The van der Waals surface area contributed by atoms with Crippen molar-refractivity contribution in [2.45, 2.75) is 33.1 Å². The fourth-order valence-electron chi connectivity index (χ4n) is 2.40. The Morgan fingerprint density at radius 1 is 1.12 bits per heavy atom. The zero-order valence-electron chi connectivity index (χ0n) is 14.9. The van der Waals surface area contributed by atoms with Gasteiger partial charge in [0.15, 0.2) is 0 Å². The van der Waals surface area contributed by atoms with Gasteiger partial charge in [-0.1, -0.05) is 51.1 Å². The highest BCUT2D eigenvalue weighted by atomic mass is 16.6. The van der Waals surface area contributed by atoms with Crippen LogP contribution in [0.4, 0.5) is 11.4 Å². The summed E-state index contributed by atoms with van der Waals surface area (Å²) < 4.78 is 0. The second-order valence-corrected chi connectivity index (χ2v) is 6.90. The third kappa shape index (κ3) is 4.76. The van der Waals surface area contributed by atoms with E-state index in [-0.39, 0.29) is 17.0 Å². The van der Waals surface area contributed by atoms with Crippen LogP contribution in [0, 0.1) is 17.0 Å². The van der Waals surface area contributed by atoms with E-state index in [1.54, 1.807) is 25.1 Å². The monoisotopic (exact) mass is 338 g/mol. The smallest absolute Gasteiger partial charge is 0.274 e. The number of carbonyl (C=O) groups is 1. The van der Waals surface area contributed by atoms with Gasteiger partial charge in [0.2, 0.25) is 5.91 Å². The Morgan fingerprint density at radius 3 is 2.32 bits per heavy atom. The molecule has 0 aliphatic rings. The Hall–Kier alpha value is -2.95. The minimum atomic E-state index is -0.461. The molecule has 0 saturated heterocycles. The van der Waals surface area contributed by atoms with Gasteiger partial charge in [0, 0.05) is 12.1 Å². The highest BCUT2D eigenvalue weighted by Gasteiger charge is 2.14. The fourth-order valence-corrected chi connectivity index (χ4v) is 2.40. The van der Waals surface area contributed by atoms with Crippen LogP contribution in [-0.2, 0) is 10.2 Å². The summed E-state index contributed by atoms with van der Waals surface area (Å²) in [5, 5.41) is 13.6. The molecule has 0 fully saturated rings. The summed E-state index contributed by atoms with van der Waals surface area (Å²) in [5.74, 6) is -0.330. The summed E-state index contributed by atoms with van der Waals surface area (Å²) >= 11 is 0. The van der Waals surface area contributed by atoms with Crippen LogP contribution >= 0.6 is 0 Å². The van der Waals surface area contributed by atoms with Crippen LogP contribution in [0.15, 0.2) is 48.5 Å². The van der Waals surface area contributed by atoms with Crippen molar-refractivity contribution in [1.82, 2.24) is 0 Å². The summed E-state index contributed by atoms with van der Waals surface area (Å²) in [5.41, 5.74) is 3.08. The van der Waals surface area contributed by atoms with Crippen LogP contribution in [-0.4, -0.2) is 10.8 Å². The molecule has 0 unspecified atom stereocenters. The first kappa shape index (κ1) is 18.4. The van der Waals surface area contributed by atoms with Gasteiger partial charge in [-0.15, -0.1) is 0 Å². The van der Waals surface area contributed by atoms with E-state index in [9.17, 15) is 14.9 Å². The van der Waals surface area contributed by atoms with Gasteiger partial charge in [-0.25, -0.2) is 0 Å². The Kier molecular flexibility index (Phi) is 5.37. The summed E-state index contributed by atoms with van der Waals surface area (Å²) in [6.45, 7) is 8.05. The van der Waals surface area contributed by atoms with Crippen molar-refractivity contribution in [3.8, 4) is 0 Å². The Balaban J connectivity index is 2.09. The lowest BCUT2D eigenvalue weighted by atomic mass is 9.87. The maximum atomic E-state index is 12.1. The second kappa shape index (κ2) is 7.30. The number of rotatable bonds is 4. The van der Waals surface area contributed by atoms with Crippen molar-refractivity contribution >= 4 is 23.4 Å². The maximum Gasteiger partial charge on any atom is 0.274 e. The molecule has 1 N–H and O–H groups in total. The summed E-state index contributed by atoms with van der Waals surface area (Å²) in [4.78, 5) is 22.6. The van der Waals surface area contributed by atoms with Crippen molar-refractivity contribution in [2.24, 2.45) is 0 Å². The standard InChI is InChI=1S/C20H22N2O3/c1-14-17(6-5-7-18(14)22(24)25)21-19(23)13-10-15-8-11-16(12-9-15)20(2,3)4/h5-13H,1-4H3,(H,21,23)/b13-10+. The Bertz CT molecular complexity index is 816. The number of nitro benzene ring substituents is 1. The molecule has 2 aromatic rings. The van der Waals surface area contributed by atoms with Crippen LogP contribution < -0.4 is 5.32 Å². The van der Waals surface area contributed by atoms with Crippen molar-refractivity contribution in [3.05, 3.63) is 75.3 Å². The number of carbonyl (C=O) groups excluding carboxylic acids is 1. The molecule has 5 nitrogen and oxygen atoms in total. The van der Waals surface area contributed by atoms with Gasteiger partial charge in [-0.05, 0) is 35.6 Å². The first-order chi connectivity index (χ1) is 11.7. The molecule has 0 atom stereocenters. The van der Waals surface area contributed by atoms with Gasteiger partial charge in [-0.3, -0.25) is 14.9 Å². The van der Waals surface area contributed by atoms with Gasteiger partial charge >= 0.3 is 0 Å². The average Bonchev–Trinajstić information content (AvgIpc) is 2.54. The third-order valence-electron chi connectivity index (χ3n) is 3.96. The van der Waals surface area contributed by atoms with E-state index in [2.05, 4.69) is 26.1 Å². The molecule has 0 aromatic heterocycles. The number of nitrogens with zero attached hydrogens (tertiary/aromatic N) is 1. The number of benzene rings is 2. The lowest BCUT2D eigenvalue weighted by Crippen LogP contribution is -2.10. The highest BCUT2D eigenvalue weighted by Crippen LogP contribution is 2.25. The Morgan fingerprint density at radius 2 is 1.76 bits per heavy atom. The van der Waals surface area contributed by atoms with Gasteiger partial charge in [-0.2, -0.15) is 0 Å². The first-order valence-electron chi connectivity index (χ1n) is 8.02. The van der Waals surface area contributed by atoms with E-state index in [0.29, 0.717) is 11.3 Å². The van der Waals surface area contributed by atoms with E-state index < -0.39 is 4.92 Å². The SMILES string of the molecule is Cc1c(NC(=O)/C=C/c2ccc(C(C)(C)C)cc2)cccc1[N+](=O)[O-]. The summed E-state index contributed by atoms with van der Waals surface area (Å²) in [6, 6.07) is 12.6. The van der Waals surface area contributed by atoms with Crippen molar-refractivity contribution in [2.75, 3.05) is 5.32 Å². The van der Waals surface area contributed by atoms with E-state index in [1.165, 1.54) is 17.7 Å². The quantitative estimate of drug-likeness (QED) is 0.492. The molecule has 0 aliphatic heterocycles. The lowest BCUT2D eigenvalue weighted by Gasteiger charge is -2.18. The average molecular weight is 338 g/mol. The molecule has 2 rings (SSSR count). The molecule has 5 heteroatoms. The van der Waals surface area contributed by atoms with Crippen LogP contribution in [0.5, 0.6) is 0 Å². The number of nitrogens with one attached hydrogen (secondary N) is 1. The van der Waals surface area contributed by atoms with Crippen LogP contribution in [0.25, 0.3) is 6.08 Å². The number of hydrogen-bond acceptors (Lipinski definition) is 3. The van der Waals surface area contributed by atoms with Crippen molar-refractivity contribution < 1.29 is 9.72 Å². The van der Waals surface area contributed by atoms with Crippen LogP contribution in [0.2, 0.25) is 0 Å². The van der Waals surface area contributed by atoms with Gasteiger partial charge < -0.3 is 5.32 Å². The first-order valence-corrected chi connectivity index (χ1v) is 8.02. The minimum Gasteiger partial charge on any atom is -0.322 e. The van der Waals surface area contributed by atoms with Gasteiger partial charge in [0.1, 0.15) is 0 Å². The molecule has 0 radical (unpaired) electrons. The molecule has 1 amide bonds. The molecular weight excluding hydrogens is 316 g/mol. The summed E-state index contributed by atoms with van der Waals surface area (Å²) in [7, 11) is 0. The molecule has 0 aliphatic carbocycles. The van der Waals surface area contributed by atoms with Crippen molar-refractivity contribution in [3.63, 3.8) is 0 Å².